The number of carbonyl (C=O) groups excluding carboxylic acids is 2. The Hall–Kier alpha value is -2.53. The predicted molar refractivity (Wildman–Crippen MR) is 90.6 cm³/mol. The summed E-state index contributed by atoms with van der Waals surface area (Å²) < 4.78 is 10.7. The van der Waals surface area contributed by atoms with E-state index in [1.807, 2.05) is 0 Å². The summed E-state index contributed by atoms with van der Waals surface area (Å²) in [5, 5.41) is 3.37. The van der Waals surface area contributed by atoms with Crippen LogP contribution < -0.4 is 10.1 Å². The van der Waals surface area contributed by atoms with E-state index in [9.17, 15) is 9.59 Å². The SMILES string of the molecule is O=C1CCc2cc(C(=O)OCCOc3cccc(Cl)c3)ccc2N1. The molecule has 24 heavy (non-hydrogen) atoms. The smallest absolute Gasteiger partial charge is 0.338 e. The second kappa shape index (κ2) is 7.36. The van der Waals surface area contributed by atoms with Gasteiger partial charge in [0, 0.05) is 17.1 Å². The minimum atomic E-state index is -0.413. The molecule has 2 aromatic carbocycles. The number of nitrogens with one attached hydrogen (secondary N) is 1. The van der Waals surface area contributed by atoms with E-state index in [1.165, 1.54) is 0 Å². The zero-order chi connectivity index (χ0) is 16.9. The zero-order valence-corrected chi connectivity index (χ0v) is 13.6. The second-order valence-electron chi connectivity index (χ2n) is 5.36. The van der Waals surface area contributed by atoms with E-state index in [0.29, 0.717) is 29.2 Å². The quantitative estimate of drug-likeness (QED) is 0.665. The molecule has 0 saturated heterocycles. The highest BCUT2D eigenvalue weighted by Crippen LogP contribution is 2.24. The molecule has 0 atom stereocenters. The number of ether oxygens (including phenoxy) is 2. The van der Waals surface area contributed by atoms with Gasteiger partial charge in [0.25, 0.3) is 0 Å². The van der Waals surface area contributed by atoms with Crippen LogP contribution in [0.5, 0.6) is 5.75 Å². The van der Waals surface area contributed by atoms with Gasteiger partial charge < -0.3 is 14.8 Å². The first kappa shape index (κ1) is 16.3. The largest absolute Gasteiger partial charge is 0.490 e. The Kier molecular flexibility index (Phi) is 5.01. The van der Waals surface area contributed by atoms with Crippen molar-refractivity contribution in [3.63, 3.8) is 0 Å². The average Bonchev–Trinajstić information content (AvgIpc) is 2.58. The van der Waals surface area contributed by atoms with Crippen molar-refractivity contribution in [2.75, 3.05) is 18.5 Å². The fourth-order valence-electron chi connectivity index (χ4n) is 2.44. The highest BCUT2D eigenvalue weighted by atomic mass is 35.5. The number of fused-ring (bicyclic) bond motifs is 1. The van der Waals surface area contributed by atoms with Gasteiger partial charge in [-0.15, -0.1) is 0 Å². The number of benzene rings is 2. The van der Waals surface area contributed by atoms with Crippen molar-refractivity contribution in [2.45, 2.75) is 12.8 Å². The molecule has 3 rings (SSSR count). The van der Waals surface area contributed by atoms with Crippen LogP contribution in [-0.4, -0.2) is 25.1 Å². The molecule has 6 heteroatoms. The predicted octanol–water partition coefficient (Wildman–Crippen LogP) is 3.46. The summed E-state index contributed by atoms with van der Waals surface area (Å²) in [7, 11) is 0. The fourth-order valence-corrected chi connectivity index (χ4v) is 2.62. The number of aryl methyl sites for hydroxylation is 1. The molecule has 1 amide bonds. The molecule has 1 heterocycles. The van der Waals surface area contributed by atoms with Crippen molar-refractivity contribution in [1.29, 1.82) is 0 Å². The first-order valence-electron chi connectivity index (χ1n) is 7.60. The minimum Gasteiger partial charge on any atom is -0.490 e. The lowest BCUT2D eigenvalue weighted by Crippen LogP contribution is -2.19. The van der Waals surface area contributed by atoms with Gasteiger partial charge in [-0.1, -0.05) is 17.7 Å². The Morgan fingerprint density at radius 1 is 1.12 bits per heavy atom. The maximum absolute atomic E-state index is 12.1. The van der Waals surface area contributed by atoms with Gasteiger partial charge in [0.2, 0.25) is 5.91 Å². The molecule has 1 aliphatic rings. The molecule has 0 unspecified atom stereocenters. The first-order chi connectivity index (χ1) is 11.6. The Bertz CT molecular complexity index is 775. The summed E-state index contributed by atoms with van der Waals surface area (Å²) in [6, 6.07) is 12.2. The summed E-state index contributed by atoms with van der Waals surface area (Å²) in [5.41, 5.74) is 2.17. The van der Waals surface area contributed by atoms with E-state index < -0.39 is 5.97 Å². The van der Waals surface area contributed by atoms with Crippen LogP contribution in [0.1, 0.15) is 22.3 Å². The Labute approximate surface area is 144 Å². The van der Waals surface area contributed by atoms with E-state index >= 15 is 0 Å². The molecule has 0 bridgehead atoms. The van der Waals surface area contributed by atoms with Gasteiger partial charge in [-0.25, -0.2) is 4.79 Å². The lowest BCUT2D eigenvalue weighted by atomic mass is 10.0. The van der Waals surface area contributed by atoms with Gasteiger partial charge in [0.1, 0.15) is 19.0 Å². The third-order valence-corrected chi connectivity index (χ3v) is 3.85. The molecule has 1 N–H and O–H groups in total. The fraction of sp³-hybridized carbons (Fsp3) is 0.222. The number of esters is 1. The zero-order valence-electron chi connectivity index (χ0n) is 12.9. The Morgan fingerprint density at radius 3 is 2.83 bits per heavy atom. The lowest BCUT2D eigenvalue weighted by Gasteiger charge is -2.17. The van der Waals surface area contributed by atoms with Crippen LogP contribution in [0.2, 0.25) is 5.02 Å². The van der Waals surface area contributed by atoms with Gasteiger partial charge >= 0.3 is 5.97 Å². The van der Waals surface area contributed by atoms with Crippen molar-refractivity contribution in [3.8, 4) is 5.75 Å². The van der Waals surface area contributed by atoms with E-state index in [0.717, 1.165) is 11.3 Å². The third kappa shape index (κ3) is 4.06. The highest BCUT2D eigenvalue weighted by Gasteiger charge is 2.17. The van der Waals surface area contributed by atoms with Crippen molar-refractivity contribution in [1.82, 2.24) is 0 Å². The Balaban J connectivity index is 1.51. The molecule has 0 radical (unpaired) electrons. The third-order valence-electron chi connectivity index (χ3n) is 3.62. The summed E-state index contributed by atoms with van der Waals surface area (Å²) >= 11 is 5.86. The van der Waals surface area contributed by atoms with Crippen molar-refractivity contribution < 1.29 is 19.1 Å². The van der Waals surface area contributed by atoms with E-state index in [1.54, 1.807) is 42.5 Å². The van der Waals surface area contributed by atoms with Gasteiger partial charge in [-0.2, -0.15) is 0 Å². The molecule has 0 spiro atoms. The molecule has 5 nitrogen and oxygen atoms in total. The summed E-state index contributed by atoms with van der Waals surface area (Å²) in [4.78, 5) is 23.4. The molecule has 1 aliphatic heterocycles. The van der Waals surface area contributed by atoms with Gasteiger partial charge in [-0.3, -0.25) is 4.79 Å². The highest BCUT2D eigenvalue weighted by molar-refractivity contribution is 6.30. The van der Waals surface area contributed by atoms with Crippen molar-refractivity contribution >= 4 is 29.2 Å². The number of rotatable bonds is 5. The van der Waals surface area contributed by atoms with E-state index in [-0.39, 0.29) is 19.1 Å². The second-order valence-corrected chi connectivity index (χ2v) is 5.80. The van der Waals surface area contributed by atoms with E-state index in [4.69, 9.17) is 21.1 Å². The van der Waals surface area contributed by atoms with Gasteiger partial charge in [-0.05, 0) is 48.4 Å². The summed E-state index contributed by atoms with van der Waals surface area (Å²) in [6.07, 6.45) is 1.05. The van der Waals surface area contributed by atoms with Crippen LogP contribution in [0.3, 0.4) is 0 Å². The molecule has 0 aliphatic carbocycles. The molecule has 0 aromatic heterocycles. The number of halogens is 1. The molecular formula is C18H16ClNO4. The molecule has 2 aromatic rings. The molecule has 0 saturated carbocycles. The van der Waals surface area contributed by atoms with E-state index in [2.05, 4.69) is 5.32 Å². The monoisotopic (exact) mass is 345 g/mol. The summed E-state index contributed by atoms with van der Waals surface area (Å²) in [5.74, 6) is 0.212. The molecule has 0 fully saturated rings. The molecule has 124 valence electrons. The van der Waals surface area contributed by atoms with Crippen LogP contribution in [-0.2, 0) is 16.0 Å². The normalized spacial score (nSPS) is 13.0. The maximum atomic E-state index is 12.1. The number of hydrogen-bond donors (Lipinski definition) is 1. The van der Waals surface area contributed by atoms with Crippen LogP contribution in [0.4, 0.5) is 5.69 Å². The number of anilines is 1. The topological polar surface area (TPSA) is 64.6 Å². The number of carbonyl (C=O) groups is 2. The van der Waals surface area contributed by atoms with Crippen molar-refractivity contribution in [2.24, 2.45) is 0 Å². The first-order valence-corrected chi connectivity index (χ1v) is 7.98. The van der Waals surface area contributed by atoms with Crippen LogP contribution >= 0.6 is 11.6 Å². The maximum Gasteiger partial charge on any atom is 0.338 e. The summed E-state index contributed by atoms with van der Waals surface area (Å²) in [6.45, 7) is 0.381. The van der Waals surface area contributed by atoms with Crippen LogP contribution in [0.15, 0.2) is 42.5 Å². The van der Waals surface area contributed by atoms with Crippen molar-refractivity contribution in [3.05, 3.63) is 58.6 Å². The minimum absolute atomic E-state index is 0.00371. The van der Waals surface area contributed by atoms with Gasteiger partial charge in [0.15, 0.2) is 0 Å². The number of hydrogen-bond acceptors (Lipinski definition) is 4. The number of amides is 1. The Morgan fingerprint density at radius 2 is 2.00 bits per heavy atom. The van der Waals surface area contributed by atoms with Crippen LogP contribution in [0.25, 0.3) is 0 Å². The lowest BCUT2D eigenvalue weighted by molar-refractivity contribution is -0.116. The van der Waals surface area contributed by atoms with Gasteiger partial charge in [0.05, 0.1) is 5.56 Å². The average molecular weight is 346 g/mol. The standard InChI is InChI=1S/C18H16ClNO4/c19-14-2-1-3-15(11-14)23-8-9-24-18(22)13-4-6-16-12(10-13)5-7-17(21)20-16/h1-4,6,10-11H,5,7-9H2,(H,20,21). The molecular weight excluding hydrogens is 330 g/mol. The van der Waals surface area contributed by atoms with Crippen LogP contribution in [0, 0.1) is 0 Å².